The molecule has 0 saturated carbocycles. The van der Waals surface area contributed by atoms with Gasteiger partial charge >= 0.3 is 0 Å². The minimum absolute atomic E-state index is 0.300. The molecule has 0 amide bonds. The highest BCUT2D eigenvalue weighted by molar-refractivity contribution is 5.92. The molecular weight excluding hydrogens is 338 g/mol. The maximum atomic E-state index is 3.86. The minimum Gasteiger partial charge on any atom is -0.306 e. The van der Waals surface area contributed by atoms with Crippen LogP contribution in [0.15, 0.2) is 96.6 Å². The Bertz CT molecular complexity index is 1010. The van der Waals surface area contributed by atoms with Gasteiger partial charge in [0.1, 0.15) is 0 Å². The van der Waals surface area contributed by atoms with Gasteiger partial charge in [0.25, 0.3) is 0 Å². The van der Waals surface area contributed by atoms with Crippen LogP contribution in [0.2, 0.25) is 0 Å². The lowest BCUT2D eigenvalue weighted by molar-refractivity contribution is 0.574. The Morgan fingerprint density at radius 3 is 2.39 bits per heavy atom. The molecule has 0 aliphatic heterocycles. The maximum absolute atomic E-state index is 3.86. The molecule has 1 N–H and O–H groups in total. The summed E-state index contributed by atoms with van der Waals surface area (Å²) >= 11 is 0. The second-order valence-electron chi connectivity index (χ2n) is 7.35. The molecule has 0 bridgehead atoms. The van der Waals surface area contributed by atoms with Gasteiger partial charge in [-0.15, -0.1) is 0 Å². The number of hydrogen-bond acceptors (Lipinski definition) is 1. The smallest absolute Gasteiger partial charge is 0.0294 e. The first-order valence-corrected chi connectivity index (χ1v) is 9.86. The fourth-order valence-electron chi connectivity index (χ4n) is 3.48. The van der Waals surface area contributed by atoms with Crippen molar-refractivity contribution in [2.24, 2.45) is 0 Å². The van der Waals surface area contributed by atoms with Crippen molar-refractivity contribution in [1.29, 1.82) is 0 Å². The average molecular weight is 368 g/mol. The molecule has 1 atom stereocenters. The molecule has 0 saturated heterocycles. The molecule has 0 aliphatic carbocycles. The molecule has 3 aromatic carbocycles. The van der Waals surface area contributed by atoms with Crippen molar-refractivity contribution < 1.29 is 0 Å². The third-order valence-corrected chi connectivity index (χ3v) is 5.11. The Labute approximate surface area is 169 Å². The Morgan fingerprint density at radius 1 is 0.929 bits per heavy atom. The van der Waals surface area contributed by atoms with Crippen LogP contribution in [0.25, 0.3) is 16.8 Å². The van der Waals surface area contributed by atoms with E-state index in [0.29, 0.717) is 6.04 Å². The molecule has 1 unspecified atom stereocenters. The van der Waals surface area contributed by atoms with E-state index in [1.165, 1.54) is 38.6 Å². The maximum Gasteiger partial charge on any atom is 0.0294 e. The average Bonchev–Trinajstić information content (AvgIpc) is 2.73. The van der Waals surface area contributed by atoms with Crippen LogP contribution in [0, 0.1) is 0 Å². The molecule has 28 heavy (non-hydrogen) atoms. The molecule has 0 spiro atoms. The van der Waals surface area contributed by atoms with Gasteiger partial charge in [0, 0.05) is 12.6 Å². The van der Waals surface area contributed by atoms with Crippen LogP contribution in [-0.2, 0) is 6.54 Å². The number of hydrogen-bond donors (Lipinski definition) is 1. The largest absolute Gasteiger partial charge is 0.306 e. The number of allylic oxidation sites excluding steroid dienone is 4. The van der Waals surface area contributed by atoms with E-state index in [1.807, 2.05) is 6.08 Å². The summed E-state index contributed by atoms with van der Waals surface area (Å²) in [4.78, 5) is 0. The molecule has 142 valence electrons. The van der Waals surface area contributed by atoms with Gasteiger partial charge in [0.2, 0.25) is 0 Å². The van der Waals surface area contributed by atoms with Crippen molar-refractivity contribution >= 4 is 16.8 Å². The lowest BCUT2D eigenvalue weighted by Gasteiger charge is -2.17. The normalized spacial score (nSPS) is 13.5. The van der Waals surface area contributed by atoms with Crippen LogP contribution in [-0.4, -0.2) is 0 Å². The van der Waals surface area contributed by atoms with E-state index in [9.17, 15) is 0 Å². The predicted molar refractivity (Wildman–Crippen MR) is 123 cm³/mol. The molecule has 3 rings (SSSR count). The summed E-state index contributed by atoms with van der Waals surface area (Å²) in [5.74, 6) is 0. The third-order valence-electron chi connectivity index (χ3n) is 5.11. The zero-order chi connectivity index (χ0) is 19.9. The van der Waals surface area contributed by atoms with Gasteiger partial charge in [0.15, 0.2) is 0 Å². The predicted octanol–water partition coefficient (Wildman–Crippen LogP) is 7.23. The number of nitrogens with one attached hydrogen (secondary N) is 1. The van der Waals surface area contributed by atoms with Crippen molar-refractivity contribution in [3.63, 3.8) is 0 Å². The molecule has 1 nitrogen and oxygen atoms in total. The van der Waals surface area contributed by atoms with Gasteiger partial charge < -0.3 is 5.32 Å². The van der Waals surface area contributed by atoms with Gasteiger partial charge in [-0.2, -0.15) is 0 Å². The van der Waals surface area contributed by atoms with Gasteiger partial charge in [-0.1, -0.05) is 103 Å². The van der Waals surface area contributed by atoms with Crippen molar-refractivity contribution in [1.82, 2.24) is 5.32 Å². The van der Waals surface area contributed by atoms with Gasteiger partial charge in [0.05, 0.1) is 0 Å². The van der Waals surface area contributed by atoms with Crippen molar-refractivity contribution in [3.8, 4) is 0 Å². The van der Waals surface area contributed by atoms with Crippen LogP contribution in [0.4, 0.5) is 0 Å². The molecular formula is C27H29N. The second-order valence-corrected chi connectivity index (χ2v) is 7.35. The van der Waals surface area contributed by atoms with Gasteiger partial charge in [-0.25, -0.2) is 0 Å². The SMILES string of the molecule is C=C/C(C)=C\C(C)=C\c1c(CNC(C)c2ccccc2)ccc2ccccc12. The monoisotopic (exact) mass is 367 g/mol. The fourth-order valence-corrected chi connectivity index (χ4v) is 3.48. The molecule has 1 heteroatoms. The van der Waals surface area contributed by atoms with E-state index in [4.69, 9.17) is 0 Å². The van der Waals surface area contributed by atoms with Crippen LogP contribution in [0.3, 0.4) is 0 Å². The molecule has 3 aromatic rings. The number of fused-ring (bicyclic) bond motifs is 1. The lowest BCUT2D eigenvalue weighted by atomic mass is 9.96. The summed E-state index contributed by atoms with van der Waals surface area (Å²) in [6.07, 6.45) is 6.36. The Balaban J connectivity index is 1.95. The van der Waals surface area contributed by atoms with E-state index in [0.717, 1.165) is 6.54 Å². The third kappa shape index (κ3) is 4.88. The lowest BCUT2D eigenvalue weighted by Crippen LogP contribution is -2.18. The quantitative estimate of drug-likeness (QED) is 0.434. The highest BCUT2D eigenvalue weighted by Gasteiger charge is 2.09. The standard InChI is InChI=1S/C27H29N/c1-5-20(2)17-21(3)18-27-25(16-15-24-13-9-10-14-26(24)27)19-28-22(4)23-11-7-6-8-12-23/h5-18,22,28H,1,19H2,2-4H3/b20-17-,21-18+. The summed E-state index contributed by atoms with van der Waals surface area (Å²) in [7, 11) is 0. The zero-order valence-electron chi connectivity index (χ0n) is 17.1. The van der Waals surface area contributed by atoms with E-state index >= 15 is 0 Å². The first kappa shape index (κ1) is 19.9. The second kappa shape index (κ2) is 9.34. The molecule has 0 aliphatic rings. The number of benzene rings is 3. The summed E-state index contributed by atoms with van der Waals surface area (Å²) in [5.41, 5.74) is 6.31. The fraction of sp³-hybridized carbons (Fsp3) is 0.185. The van der Waals surface area contributed by atoms with E-state index in [2.05, 4.69) is 112 Å². The van der Waals surface area contributed by atoms with Gasteiger partial charge in [-0.05, 0) is 48.2 Å². The highest BCUT2D eigenvalue weighted by Crippen LogP contribution is 2.26. The Kier molecular flexibility index (Phi) is 6.62. The van der Waals surface area contributed by atoms with Crippen LogP contribution in [0.5, 0.6) is 0 Å². The van der Waals surface area contributed by atoms with Crippen molar-refractivity contribution in [3.05, 3.63) is 113 Å². The topological polar surface area (TPSA) is 12.0 Å². The summed E-state index contributed by atoms with van der Waals surface area (Å²) < 4.78 is 0. The van der Waals surface area contributed by atoms with Crippen molar-refractivity contribution in [2.45, 2.75) is 33.4 Å². The summed E-state index contributed by atoms with van der Waals surface area (Å²) in [6.45, 7) is 11.1. The number of rotatable bonds is 7. The Morgan fingerprint density at radius 2 is 1.64 bits per heavy atom. The highest BCUT2D eigenvalue weighted by atomic mass is 14.9. The van der Waals surface area contributed by atoms with Gasteiger partial charge in [-0.3, -0.25) is 0 Å². The molecule has 0 aromatic heterocycles. The van der Waals surface area contributed by atoms with E-state index in [-0.39, 0.29) is 0 Å². The van der Waals surface area contributed by atoms with Crippen molar-refractivity contribution in [2.75, 3.05) is 0 Å². The van der Waals surface area contributed by atoms with Crippen LogP contribution >= 0.6 is 0 Å². The molecule has 0 fully saturated rings. The Hall–Kier alpha value is -2.90. The van der Waals surface area contributed by atoms with Crippen LogP contribution < -0.4 is 5.32 Å². The van der Waals surface area contributed by atoms with E-state index in [1.54, 1.807) is 0 Å². The minimum atomic E-state index is 0.300. The summed E-state index contributed by atoms with van der Waals surface area (Å²) in [5, 5.41) is 6.24. The first-order valence-electron chi connectivity index (χ1n) is 9.86. The molecule has 0 radical (unpaired) electrons. The van der Waals surface area contributed by atoms with E-state index < -0.39 is 0 Å². The van der Waals surface area contributed by atoms with Crippen LogP contribution in [0.1, 0.15) is 43.5 Å². The first-order chi connectivity index (χ1) is 13.6. The molecule has 0 heterocycles. The zero-order valence-corrected chi connectivity index (χ0v) is 17.1. The summed E-state index contributed by atoms with van der Waals surface area (Å²) in [6, 6.07) is 24.0.